The van der Waals surface area contributed by atoms with Gasteiger partial charge in [0.2, 0.25) is 12.0 Å². The lowest BCUT2D eigenvalue weighted by molar-refractivity contribution is -0.143. The van der Waals surface area contributed by atoms with Gasteiger partial charge in [-0.05, 0) is 12.1 Å². The van der Waals surface area contributed by atoms with Gasteiger partial charge >= 0.3 is 0 Å². The molecule has 1 saturated heterocycles. The van der Waals surface area contributed by atoms with Gasteiger partial charge in [0.25, 0.3) is 5.91 Å². The molecule has 0 saturated carbocycles. The highest BCUT2D eigenvalue weighted by molar-refractivity contribution is 7.13. The number of fused-ring (bicyclic) bond motifs is 1. The molecule has 1 aromatic carbocycles. The molecule has 27 heavy (non-hydrogen) atoms. The molecule has 2 aliphatic rings. The monoisotopic (exact) mass is 388 g/mol. The van der Waals surface area contributed by atoms with Crippen LogP contribution >= 0.6 is 11.3 Å². The van der Waals surface area contributed by atoms with Crippen molar-refractivity contribution in [2.45, 2.75) is 6.10 Å². The number of para-hydroxylation sites is 2. The lowest BCUT2D eigenvalue weighted by atomic mass is 10.2. The molecule has 1 fully saturated rings. The Morgan fingerprint density at radius 3 is 2.70 bits per heavy atom. The second-order valence-electron chi connectivity index (χ2n) is 6.35. The molecule has 0 bridgehead atoms. The molecule has 8 nitrogen and oxygen atoms in total. The van der Waals surface area contributed by atoms with Crippen molar-refractivity contribution in [2.24, 2.45) is 0 Å². The number of amides is 2. The molecule has 1 aromatic heterocycles. The highest BCUT2D eigenvalue weighted by Gasteiger charge is 2.32. The van der Waals surface area contributed by atoms with E-state index in [4.69, 9.17) is 9.47 Å². The highest BCUT2D eigenvalue weighted by Crippen LogP contribution is 2.31. The number of anilines is 1. The van der Waals surface area contributed by atoms with Crippen LogP contribution in [0.1, 0.15) is 0 Å². The molecule has 142 valence electrons. The van der Waals surface area contributed by atoms with Crippen LogP contribution in [-0.4, -0.2) is 72.0 Å². The van der Waals surface area contributed by atoms with Gasteiger partial charge in [0, 0.05) is 37.8 Å². The smallest absolute Gasteiger partial charge is 0.267 e. The van der Waals surface area contributed by atoms with E-state index < -0.39 is 6.10 Å². The minimum Gasteiger partial charge on any atom is -0.485 e. The van der Waals surface area contributed by atoms with Crippen molar-refractivity contribution >= 4 is 28.3 Å². The van der Waals surface area contributed by atoms with Crippen molar-refractivity contribution in [3.63, 3.8) is 0 Å². The van der Waals surface area contributed by atoms with Crippen LogP contribution in [0, 0.1) is 0 Å². The lowest BCUT2D eigenvalue weighted by Gasteiger charge is -2.36. The Balaban J connectivity index is 1.25. The van der Waals surface area contributed by atoms with Crippen LogP contribution in [0.15, 0.2) is 35.8 Å². The Morgan fingerprint density at radius 2 is 1.96 bits per heavy atom. The zero-order valence-electron chi connectivity index (χ0n) is 14.7. The second kappa shape index (κ2) is 7.93. The van der Waals surface area contributed by atoms with E-state index in [2.05, 4.69) is 10.3 Å². The molecule has 1 N–H and O–H groups in total. The van der Waals surface area contributed by atoms with Gasteiger partial charge in [-0.3, -0.25) is 14.5 Å². The SMILES string of the molecule is O=C(CN1CCN(C(=O)C2COc3ccccc3O2)CC1)Nc1nccs1. The number of nitrogens with zero attached hydrogens (tertiary/aromatic N) is 3. The summed E-state index contributed by atoms with van der Waals surface area (Å²) in [5, 5.41) is 5.19. The fourth-order valence-corrected chi connectivity index (χ4v) is 3.66. The van der Waals surface area contributed by atoms with Crippen LogP contribution in [0.5, 0.6) is 11.5 Å². The van der Waals surface area contributed by atoms with Crippen molar-refractivity contribution < 1.29 is 19.1 Å². The number of rotatable bonds is 4. The van der Waals surface area contributed by atoms with Crippen molar-refractivity contribution in [2.75, 3.05) is 44.6 Å². The first kappa shape index (κ1) is 17.7. The van der Waals surface area contributed by atoms with Crippen LogP contribution in [0.4, 0.5) is 5.13 Å². The molecule has 3 heterocycles. The maximum absolute atomic E-state index is 12.7. The molecule has 9 heteroatoms. The standard InChI is InChI=1S/C18H20N4O4S/c23-16(20-18-19-5-10-27-18)11-21-6-8-22(9-7-21)17(24)15-12-25-13-3-1-2-4-14(13)26-15/h1-5,10,15H,6-9,11-12H2,(H,19,20,23). The van der Waals surface area contributed by atoms with E-state index in [1.165, 1.54) is 11.3 Å². The summed E-state index contributed by atoms with van der Waals surface area (Å²) >= 11 is 1.39. The van der Waals surface area contributed by atoms with Crippen LogP contribution in [0.2, 0.25) is 0 Å². The Bertz CT molecular complexity index is 805. The minimum absolute atomic E-state index is 0.0728. The highest BCUT2D eigenvalue weighted by atomic mass is 32.1. The van der Waals surface area contributed by atoms with Crippen molar-refractivity contribution in [1.29, 1.82) is 0 Å². The van der Waals surface area contributed by atoms with Gasteiger partial charge in [0.05, 0.1) is 6.54 Å². The molecule has 1 atom stereocenters. The van der Waals surface area contributed by atoms with E-state index >= 15 is 0 Å². The van der Waals surface area contributed by atoms with Crippen LogP contribution in [0.3, 0.4) is 0 Å². The fraction of sp³-hybridized carbons (Fsp3) is 0.389. The predicted molar refractivity (Wildman–Crippen MR) is 100 cm³/mol. The number of benzene rings is 1. The third-order valence-corrected chi connectivity index (χ3v) is 5.20. The third kappa shape index (κ3) is 4.20. The largest absolute Gasteiger partial charge is 0.485 e. The number of hydrogen-bond acceptors (Lipinski definition) is 7. The van der Waals surface area contributed by atoms with Crippen molar-refractivity contribution in [1.82, 2.24) is 14.8 Å². The summed E-state index contributed by atoms with van der Waals surface area (Å²) in [6, 6.07) is 7.35. The normalized spacial score (nSPS) is 19.6. The maximum atomic E-state index is 12.7. The van der Waals surface area contributed by atoms with E-state index in [1.807, 2.05) is 28.5 Å². The summed E-state index contributed by atoms with van der Waals surface area (Å²) in [5.41, 5.74) is 0. The first-order valence-electron chi connectivity index (χ1n) is 8.78. The molecule has 4 rings (SSSR count). The number of thiazole rings is 1. The van der Waals surface area contributed by atoms with E-state index in [0.29, 0.717) is 42.8 Å². The Labute approximate surface area is 160 Å². The summed E-state index contributed by atoms with van der Waals surface area (Å²) in [6.07, 6.45) is 1.03. The average Bonchev–Trinajstić information content (AvgIpc) is 3.20. The average molecular weight is 388 g/mol. The predicted octanol–water partition coefficient (Wildman–Crippen LogP) is 1.07. The number of carbonyl (C=O) groups is 2. The van der Waals surface area contributed by atoms with Gasteiger partial charge in [0.1, 0.15) is 6.61 Å². The van der Waals surface area contributed by atoms with E-state index in [-0.39, 0.29) is 25.0 Å². The van der Waals surface area contributed by atoms with E-state index in [9.17, 15) is 9.59 Å². The van der Waals surface area contributed by atoms with Gasteiger partial charge in [-0.1, -0.05) is 12.1 Å². The van der Waals surface area contributed by atoms with Crippen LogP contribution in [0.25, 0.3) is 0 Å². The summed E-state index contributed by atoms with van der Waals surface area (Å²) in [5.74, 6) is 1.10. The van der Waals surface area contributed by atoms with Gasteiger partial charge in [-0.15, -0.1) is 11.3 Å². The molecular formula is C18H20N4O4S. The van der Waals surface area contributed by atoms with Crippen LogP contribution < -0.4 is 14.8 Å². The minimum atomic E-state index is -0.625. The van der Waals surface area contributed by atoms with Gasteiger partial charge < -0.3 is 19.7 Å². The van der Waals surface area contributed by atoms with Crippen molar-refractivity contribution in [3.05, 3.63) is 35.8 Å². The molecular weight excluding hydrogens is 368 g/mol. The Kier molecular flexibility index (Phi) is 5.21. The van der Waals surface area contributed by atoms with Crippen LogP contribution in [-0.2, 0) is 9.59 Å². The number of ether oxygens (including phenoxy) is 2. The van der Waals surface area contributed by atoms with E-state index in [1.54, 1.807) is 17.2 Å². The Hall–Kier alpha value is -2.65. The summed E-state index contributed by atoms with van der Waals surface area (Å²) in [6.45, 7) is 2.91. The zero-order valence-corrected chi connectivity index (χ0v) is 15.5. The lowest BCUT2D eigenvalue weighted by Crippen LogP contribution is -2.54. The quantitative estimate of drug-likeness (QED) is 0.843. The first-order valence-corrected chi connectivity index (χ1v) is 9.66. The molecule has 2 aromatic rings. The second-order valence-corrected chi connectivity index (χ2v) is 7.25. The molecule has 0 spiro atoms. The maximum Gasteiger partial charge on any atom is 0.267 e. The summed E-state index contributed by atoms with van der Waals surface area (Å²) in [7, 11) is 0. The summed E-state index contributed by atoms with van der Waals surface area (Å²) < 4.78 is 11.4. The summed E-state index contributed by atoms with van der Waals surface area (Å²) in [4.78, 5) is 32.6. The number of aromatic nitrogens is 1. The third-order valence-electron chi connectivity index (χ3n) is 4.51. The molecule has 0 aliphatic carbocycles. The Morgan fingerprint density at radius 1 is 1.19 bits per heavy atom. The number of nitrogens with one attached hydrogen (secondary N) is 1. The number of carbonyl (C=O) groups excluding carboxylic acids is 2. The first-order chi connectivity index (χ1) is 13.2. The van der Waals surface area contributed by atoms with Gasteiger partial charge in [-0.2, -0.15) is 0 Å². The van der Waals surface area contributed by atoms with E-state index in [0.717, 1.165) is 0 Å². The van der Waals surface area contributed by atoms with Gasteiger partial charge in [0.15, 0.2) is 16.6 Å². The van der Waals surface area contributed by atoms with Gasteiger partial charge in [-0.25, -0.2) is 4.98 Å². The van der Waals surface area contributed by atoms with Crippen molar-refractivity contribution in [3.8, 4) is 11.5 Å². The molecule has 1 unspecified atom stereocenters. The number of piperazine rings is 1. The molecule has 2 amide bonds. The molecule has 0 radical (unpaired) electrons. The fourth-order valence-electron chi connectivity index (χ4n) is 3.12. The number of hydrogen-bond donors (Lipinski definition) is 1. The molecule has 2 aliphatic heterocycles. The topological polar surface area (TPSA) is 84.0 Å². The zero-order chi connectivity index (χ0) is 18.6.